The van der Waals surface area contributed by atoms with Crippen molar-refractivity contribution >= 4 is 16.9 Å². The van der Waals surface area contributed by atoms with E-state index in [1.165, 1.54) is 6.20 Å². The number of carbonyl (C=O) groups is 1. The minimum absolute atomic E-state index is 0.366. The molecule has 0 aliphatic carbocycles. The van der Waals surface area contributed by atoms with Crippen molar-refractivity contribution in [3.63, 3.8) is 0 Å². The number of pyridine rings is 2. The second kappa shape index (κ2) is 4.73. The molecule has 0 atom stereocenters. The molecule has 0 saturated carbocycles. The largest absolute Gasteiger partial charge is 0.366 e. The molecule has 20 heavy (non-hydrogen) atoms. The van der Waals surface area contributed by atoms with Crippen LogP contribution in [0.3, 0.4) is 0 Å². The molecule has 0 aliphatic heterocycles. The van der Waals surface area contributed by atoms with Crippen LogP contribution in [0.25, 0.3) is 22.3 Å². The Kier molecular flexibility index (Phi) is 2.90. The number of fused-ring (bicyclic) bond motifs is 1. The Balaban J connectivity index is 2.20. The summed E-state index contributed by atoms with van der Waals surface area (Å²) >= 11 is 0. The van der Waals surface area contributed by atoms with Gasteiger partial charge < -0.3 is 5.73 Å². The van der Waals surface area contributed by atoms with Crippen molar-refractivity contribution < 1.29 is 4.79 Å². The first-order valence-electron chi connectivity index (χ1n) is 6.28. The molecule has 0 unspecified atom stereocenters. The lowest BCUT2D eigenvalue weighted by Crippen LogP contribution is -2.10. The zero-order chi connectivity index (χ0) is 14.1. The quantitative estimate of drug-likeness (QED) is 0.754. The third-order valence-corrected chi connectivity index (χ3v) is 3.16. The highest BCUT2D eigenvalue weighted by molar-refractivity contribution is 5.99. The number of nitrogens with zero attached hydrogens (tertiary/aromatic N) is 3. The van der Waals surface area contributed by atoms with E-state index in [4.69, 9.17) is 5.73 Å². The highest BCUT2D eigenvalue weighted by Crippen LogP contribution is 2.26. The molecule has 0 spiro atoms. The Morgan fingerprint density at radius 1 is 1.35 bits per heavy atom. The molecule has 0 aromatic carbocycles. The summed E-state index contributed by atoms with van der Waals surface area (Å²) < 4.78 is 0. The fraction of sp³-hybridized carbons (Fsp3) is 0.143. The maximum Gasteiger partial charge on any atom is 0.250 e. The van der Waals surface area contributed by atoms with Crippen molar-refractivity contribution in [2.45, 2.75) is 13.3 Å². The van der Waals surface area contributed by atoms with Crippen LogP contribution in [-0.4, -0.2) is 26.1 Å². The summed E-state index contributed by atoms with van der Waals surface area (Å²) in [6.07, 6.45) is 4.04. The molecule has 0 radical (unpaired) electrons. The number of aromatic amines is 1. The number of H-pyrrole nitrogens is 1. The van der Waals surface area contributed by atoms with E-state index in [2.05, 4.69) is 20.2 Å². The fourth-order valence-electron chi connectivity index (χ4n) is 2.08. The van der Waals surface area contributed by atoms with Gasteiger partial charge in [-0.25, -0.2) is 4.98 Å². The molecule has 100 valence electrons. The second-order valence-electron chi connectivity index (χ2n) is 4.45. The third kappa shape index (κ3) is 2.01. The van der Waals surface area contributed by atoms with Crippen molar-refractivity contribution in [2.24, 2.45) is 5.73 Å². The van der Waals surface area contributed by atoms with E-state index in [1.807, 2.05) is 19.1 Å². The van der Waals surface area contributed by atoms with Crippen molar-refractivity contribution in [3.05, 3.63) is 41.9 Å². The average molecular weight is 267 g/mol. The van der Waals surface area contributed by atoms with E-state index in [0.29, 0.717) is 11.2 Å². The Morgan fingerprint density at radius 2 is 2.20 bits per heavy atom. The number of carbonyl (C=O) groups excluding carboxylic acids is 1. The molecule has 6 nitrogen and oxygen atoms in total. The fourth-order valence-corrected chi connectivity index (χ4v) is 2.08. The molecule has 0 aliphatic rings. The van der Waals surface area contributed by atoms with Crippen LogP contribution in [0.1, 0.15) is 23.0 Å². The SMILES string of the molecule is CCc1cc(-c2[nH]nc3ncc(C(N)=O)cc23)ccn1. The maximum atomic E-state index is 11.3. The van der Waals surface area contributed by atoms with Gasteiger partial charge in [-0.05, 0) is 24.6 Å². The van der Waals surface area contributed by atoms with Crippen molar-refractivity contribution in [1.82, 2.24) is 20.2 Å². The van der Waals surface area contributed by atoms with Gasteiger partial charge in [0.25, 0.3) is 0 Å². The van der Waals surface area contributed by atoms with Crippen LogP contribution in [0.15, 0.2) is 30.6 Å². The first-order chi connectivity index (χ1) is 9.69. The Bertz CT molecular complexity index is 793. The van der Waals surface area contributed by atoms with E-state index in [0.717, 1.165) is 28.8 Å². The van der Waals surface area contributed by atoms with E-state index >= 15 is 0 Å². The number of aryl methyl sites for hydroxylation is 1. The van der Waals surface area contributed by atoms with Crippen molar-refractivity contribution in [2.75, 3.05) is 0 Å². The summed E-state index contributed by atoms with van der Waals surface area (Å²) in [4.78, 5) is 19.7. The first-order valence-corrected chi connectivity index (χ1v) is 6.28. The van der Waals surface area contributed by atoms with Crippen LogP contribution in [0.4, 0.5) is 0 Å². The number of aromatic nitrogens is 4. The minimum Gasteiger partial charge on any atom is -0.366 e. The smallest absolute Gasteiger partial charge is 0.250 e. The summed E-state index contributed by atoms with van der Waals surface area (Å²) in [7, 11) is 0. The van der Waals surface area contributed by atoms with Gasteiger partial charge in [0.15, 0.2) is 5.65 Å². The van der Waals surface area contributed by atoms with Crippen LogP contribution in [-0.2, 0) is 6.42 Å². The number of amides is 1. The third-order valence-electron chi connectivity index (χ3n) is 3.16. The lowest BCUT2D eigenvalue weighted by atomic mass is 10.1. The van der Waals surface area contributed by atoms with Crippen molar-refractivity contribution in [3.8, 4) is 11.3 Å². The van der Waals surface area contributed by atoms with Gasteiger partial charge in [-0.3, -0.25) is 14.9 Å². The maximum absolute atomic E-state index is 11.3. The molecular formula is C14H13N5O. The summed E-state index contributed by atoms with van der Waals surface area (Å²) in [5.74, 6) is -0.504. The Labute approximate surface area is 115 Å². The number of rotatable bonds is 3. The predicted octanol–water partition coefficient (Wildman–Crippen LogP) is 1.68. The summed E-state index contributed by atoms with van der Waals surface area (Å²) in [5, 5.41) is 7.87. The summed E-state index contributed by atoms with van der Waals surface area (Å²) in [6.45, 7) is 2.05. The molecule has 3 heterocycles. The van der Waals surface area contributed by atoms with E-state index < -0.39 is 5.91 Å². The van der Waals surface area contributed by atoms with Gasteiger partial charge in [0.05, 0.1) is 11.3 Å². The standard InChI is InChI=1S/C14H13N5O/c1-2-10-5-8(3-4-16-10)12-11-6-9(13(15)20)7-17-14(11)19-18-12/h3-7H,2H2,1H3,(H2,15,20)(H,17,18,19). The zero-order valence-electron chi connectivity index (χ0n) is 10.9. The van der Waals surface area contributed by atoms with Gasteiger partial charge >= 0.3 is 0 Å². The number of primary amides is 1. The summed E-state index contributed by atoms with van der Waals surface area (Å²) in [5.41, 5.74) is 8.97. The lowest BCUT2D eigenvalue weighted by molar-refractivity contribution is 0.1000. The molecule has 3 rings (SSSR count). The highest BCUT2D eigenvalue weighted by atomic mass is 16.1. The van der Waals surface area contributed by atoms with Gasteiger partial charge in [0, 0.05) is 29.0 Å². The van der Waals surface area contributed by atoms with Gasteiger partial charge in [-0.2, -0.15) is 5.10 Å². The summed E-state index contributed by atoms with van der Waals surface area (Å²) in [6, 6.07) is 5.59. The van der Waals surface area contributed by atoms with E-state index in [-0.39, 0.29) is 0 Å². The predicted molar refractivity (Wildman–Crippen MR) is 75.0 cm³/mol. The molecule has 6 heteroatoms. The first kappa shape index (κ1) is 12.3. The van der Waals surface area contributed by atoms with Crippen LogP contribution in [0.2, 0.25) is 0 Å². The molecule has 0 bridgehead atoms. The second-order valence-corrected chi connectivity index (χ2v) is 4.45. The van der Waals surface area contributed by atoms with Crippen LogP contribution in [0, 0.1) is 0 Å². The monoisotopic (exact) mass is 267 g/mol. The van der Waals surface area contributed by atoms with Crippen LogP contribution >= 0.6 is 0 Å². The van der Waals surface area contributed by atoms with Gasteiger partial charge in [0.1, 0.15) is 0 Å². The molecule has 3 N–H and O–H groups in total. The van der Waals surface area contributed by atoms with Gasteiger partial charge in [0.2, 0.25) is 5.91 Å². The van der Waals surface area contributed by atoms with Crippen LogP contribution < -0.4 is 5.73 Å². The normalized spacial score (nSPS) is 10.8. The molecule has 3 aromatic rings. The van der Waals surface area contributed by atoms with Crippen molar-refractivity contribution in [1.29, 1.82) is 0 Å². The van der Waals surface area contributed by atoms with E-state index in [1.54, 1.807) is 12.3 Å². The molecule has 0 fully saturated rings. The topological polar surface area (TPSA) is 97.5 Å². The Morgan fingerprint density at radius 3 is 2.95 bits per heavy atom. The number of hydrogen-bond acceptors (Lipinski definition) is 4. The molecule has 0 saturated heterocycles. The van der Waals surface area contributed by atoms with Gasteiger partial charge in [-0.15, -0.1) is 0 Å². The Hall–Kier alpha value is -2.76. The number of nitrogens with one attached hydrogen (secondary N) is 1. The molecule has 3 aromatic heterocycles. The van der Waals surface area contributed by atoms with Gasteiger partial charge in [-0.1, -0.05) is 6.92 Å². The molecule has 1 amide bonds. The minimum atomic E-state index is -0.504. The number of nitrogens with two attached hydrogens (primary N) is 1. The lowest BCUT2D eigenvalue weighted by Gasteiger charge is -2.02. The molecular weight excluding hydrogens is 254 g/mol. The van der Waals surface area contributed by atoms with Crippen LogP contribution in [0.5, 0.6) is 0 Å². The number of hydrogen-bond donors (Lipinski definition) is 2. The highest BCUT2D eigenvalue weighted by Gasteiger charge is 2.11. The zero-order valence-corrected chi connectivity index (χ0v) is 10.9. The average Bonchev–Trinajstić information content (AvgIpc) is 2.90. The van der Waals surface area contributed by atoms with E-state index in [9.17, 15) is 4.79 Å².